The molecule has 1 saturated heterocycles. The minimum atomic E-state index is -1.03. The van der Waals surface area contributed by atoms with E-state index in [0.717, 1.165) is 9.13 Å². The van der Waals surface area contributed by atoms with E-state index in [0.29, 0.717) is 33.9 Å². The van der Waals surface area contributed by atoms with Gasteiger partial charge in [0.25, 0.3) is 5.91 Å². The van der Waals surface area contributed by atoms with Crippen LogP contribution in [0.25, 0.3) is 6.08 Å². The van der Waals surface area contributed by atoms with E-state index < -0.39 is 5.97 Å². The Balaban J connectivity index is 1.93. The number of aromatic carboxylic acids is 1. The number of carboxylic acids is 1. The van der Waals surface area contributed by atoms with Gasteiger partial charge in [0.05, 0.1) is 33.4 Å². The van der Waals surface area contributed by atoms with E-state index in [9.17, 15) is 9.59 Å². The number of ether oxygens (including phenoxy) is 2. The van der Waals surface area contributed by atoms with Crippen molar-refractivity contribution in [2.24, 2.45) is 4.99 Å². The molecule has 0 radical (unpaired) electrons. The second-order valence-corrected chi connectivity index (χ2v) is 8.36. The number of carbonyl (C=O) groups is 2. The summed E-state index contributed by atoms with van der Waals surface area (Å²) in [5.41, 5.74) is 1.41. The lowest BCUT2D eigenvalue weighted by Gasteiger charge is -2.12. The predicted molar refractivity (Wildman–Crippen MR) is 126 cm³/mol. The normalized spacial score (nSPS) is 16.4. The van der Waals surface area contributed by atoms with Crippen LogP contribution < -0.4 is 9.47 Å². The van der Waals surface area contributed by atoms with Gasteiger partial charge in [0.2, 0.25) is 0 Å². The molecule has 1 N–H and O–H groups in total. The van der Waals surface area contributed by atoms with Gasteiger partial charge >= 0.3 is 5.97 Å². The first-order chi connectivity index (χ1) is 14.3. The van der Waals surface area contributed by atoms with Gasteiger partial charge < -0.3 is 14.6 Å². The monoisotopic (exact) mass is 538 g/mol. The number of carboxylic acid groups (broad SMARTS) is 1. The van der Waals surface area contributed by atoms with Crippen LogP contribution in [0.2, 0.25) is 0 Å². The topological polar surface area (TPSA) is 88.4 Å². The number of nitrogens with zero attached hydrogens (tertiary/aromatic N) is 2. The zero-order chi connectivity index (χ0) is 21.8. The number of hydrogen-bond donors (Lipinski definition) is 1. The predicted octanol–water partition coefficient (Wildman–Crippen LogP) is 4.63. The Bertz CT molecular complexity index is 1070. The molecule has 1 fully saturated rings. The van der Waals surface area contributed by atoms with Crippen molar-refractivity contribution in [3.05, 3.63) is 56.0 Å². The quantitative estimate of drug-likeness (QED) is 0.427. The first kappa shape index (κ1) is 22.2. The number of carbonyl (C=O) groups excluding carboxylic acids is 1. The highest BCUT2D eigenvalue weighted by Crippen LogP contribution is 2.37. The number of rotatable bonds is 6. The molecule has 3 rings (SSSR count). The molecule has 1 aliphatic heterocycles. The molecule has 1 amide bonds. The van der Waals surface area contributed by atoms with Gasteiger partial charge in [0.15, 0.2) is 16.7 Å². The fraction of sp³-hybridized carbons (Fsp3) is 0.190. The summed E-state index contributed by atoms with van der Waals surface area (Å²) in [6, 6.07) is 10.0. The van der Waals surface area contributed by atoms with E-state index in [2.05, 4.69) is 27.6 Å². The van der Waals surface area contributed by atoms with E-state index in [1.165, 1.54) is 28.8 Å². The molecule has 9 heteroatoms. The van der Waals surface area contributed by atoms with Gasteiger partial charge in [-0.15, -0.1) is 0 Å². The molecule has 2 aromatic carbocycles. The summed E-state index contributed by atoms with van der Waals surface area (Å²) >= 11 is 3.40. The third-order valence-electron chi connectivity index (χ3n) is 4.16. The molecule has 0 unspecified atom stereocenters. The third-order valence-corrected chi connectivity index (χ3v) is 6.02. The van der Waals surface area contributed by atoms with Crippen LogP contribution >= 0.6 is 34.4 Å². The van der Waals surface area contributed by atoms with Crippen molar-refractivity contribution >= 4 is 63.2 Å². The SMILES string of the molecule is CCOc1c(I)cc(C=C2SC(=Nc3cccc(C(=O)O)c3)N(C)C2=O)cc1OC. The van der Waals surface area contributed by atoms with Crippen LogP contribution in [-0.2, 0) is 4.79 Å². The molecular formula is C21H19IN2O5S. The Kier molecular flexibility index (Phi) is 7.03. The minimum absolute atomic E-state index is 0.139. The maximum absolute atomic E-state index is 12.7. The molecule has 1 heterocycles. The molecule has 30 heavy (non-hydrogen) atoms. The number of benzene rings is 2. The van der Waals surface area contributed by atoms with Crippen LogP contribution in [0.15, 0.2) is 46.3 Å². The highest BCUT2D eigenvalue weighted by atomic mass is 127. The Hall–Kier alpha value is -2.53. The van der Waals surface area contributed by atoms with E-state index in [1.807, 2.05) is 19.1 Å². The number of amidine groups is 1. The van der Waals surface area contributed by atoms with Crippen LogP contribution in [-0.4, -0.2) is 47.8 Å². The minimum Gasteiger partial charge on any atom is -0.493 e. The van der Waals surface area contributed by atoms with E-state index >= 15 is 0 Å². The van der Waals surface area contributed by atoms with Gasteiger partial charge in [-0.25, -0.2) is 9.79 Å². The zero-order valence-electron chi connectivity index (χ0n) is 16.5. The van der Waals surface area contributed by atoms with Gasteiger partial charge in [-0.2, -0.15) is 0 Å². The average Bonchev–Trinajstić information content (AvgIpc) is 2.97. The molecule has 2 aromatic rings. The Morgan fingerprint density at radius 3 is 2.77 bits per heavy atom. The van der Waals surface area contributed by atoms with Gasteiger partial charge in [0, 0.05) is 7.05 Å². The van der Waals surface area contributed by atoms with E-state index in [4.69, 9.17) is 14.6 Å². The van der Waals surface area contributed by atoms with Crippen molar-refractivity contribution in [2.45, 2.75) is 6.92 Å². The number of amides is 1. The molecule has 0 aromatic heterocycles. The van der Waals surface area contributed by atoms with Crippen molar-refractivity contribution in [1.82, 2.24) is 4.90 Å². The van der Waals surface area contributed by atoms with Crippen molar-refractivity contribution in [1.29, 1.82) is 0 Å². The van der Waals surface area contributed by atoms with E-state index in [1.54, 1.807) is 32.4 Å². The summed E-state index contributed by atoms with van der Waals surface area (Å²) in [6.07, 6.45) is 1.78. The lowest BCUT2D eigenvalue weighted by Crippen LogP contribution is -2.23. The molecule has 156 valence electrons. The van der Waals surface area contributed by atoms with Crippen LogP contribution in [0.4, 0.5) is 5.69 Å². The lowest BCUT2D eigenvalue weighted by atomic mass is 10.2. The summed E-state index contributed by atoms with van der Waals surface area (Å²) in [7, 11) is 3.21. The van der Waals surface area contributed by atoms with Crippen LogP contribution in [0.1, 0.15) is 22.8 Å². The van der Waals surface area contributed by atoms with Gasteiger partial charge in [-0.1, -0.05) is 6.07 Å². The zero-order valence-corrected chi connectivity index (χ0v) is 19.5. The fourth-order valence-electron chi connectivity index (χ4n) is 2.73. The molecule has 0 aliphatic carbocycles. The summed E-state index contributed by atoms with van der Waals surface area (Å²) in [5, 5.41) is 9.62. The third kappa shape index (κ3) is 4.78. The number of aliphatic imine (C=N–C) groups is 1. The number of halogens is 1. The molecule has 0 saturated carbocycles. The van der Waals surface area contributed by atoms with Crippen molar-refractivity contribution in [2.75, 3.05) is 20.8 Å². The van der Waals surface area contributed by atoms with Crippen molar-refractivity contribution < 1.29 is 24.2 Å². The van der Waals surface area contributed by atoms with Gasteiger partial charge in [0.1, 0.15) is 0 Å². The van der Waals surface area contributed by atoms with Crippen LogP contribution in [0, 0.1) is 3.57 Å². The number of likely N-dealkylation sites (N-methyl/N-ethyl adjacent to an activating group) is 1. The van der Waals surface area contributed by atoms with Crippen LogP contribution in [0.5, 0.6) is 11.5 Å². The Labute approximate surface area is 191 Å². The summed E-state index contributed by atoms with van der Waals surface area (Å²) in [6.45, 7) is 2.43. The first-order valence-electron chi connectivity index (χ1n) is 8.94. The number of methoxy groups -OCH3 is 1. The van der Waals surface area contributed by atoms with E-state index in [-0.39, 0.29) is 11.5 Å². The fourth-order valence-corrected chi connectivity index (χ4v) is 4.50. The first-order valence-corrected chi connectivity index (χ1v) is 10.8. The second kappa shape index (κ2) is 9.52. The molecule has 0 bridgehead atoms. The summed E-state index contributed by atoms with van der Waals surface area (Å²) in [4.78, 5) is 30.3. The largest absolute Gasteiger partial charge is 0.493 e. The molecule has 0 spiro atoms. The maximum Gasteiger partial charge on any atom is 0.335 e. The molecule has 7 nitrogen and oxygen atoms in total. The standard InChI is InChI=1S/C21H19IN2O5S/c1-4-29-18-15(22)8-12(9-16(18)28-3)10-17-19(25)24(2)21(30-17)23-14-7-5-6-13(11-14)20(26)27/h5-11H,4H2,1-3H3,(H,26,27). The average molecular weight is 538 g/mol. The summed E-state index contributed by atoms with van der Waals surface area (Å²) < 4.78 is 11.9. The molecular weight excluding hydrogens is 519 g/mol. The highest BCUT2D eigenvalue weighted by molar-refractivity contribution is 14.1. The van der Waals surface area contributed by atoms with Crippen molar-refractivity contribution in [3.8, 4) is 11.5 Å². The van der Waals surface area contributed by atoms with Gasteiger partial charge in [-0.05, 0) is 83.2 Å². The lowest BCUT2D eigenvalue weighted by molar-refractivity contribution is -0.121. The molecule has 1 aliphatic rings. The van der Waals surface area contributed by atoms with Crippen LogP contribution in [0.3, 0.4) is 0 Å². The summed E-state index contributed by atoms with van der Waals surface area (Å²) in [5.74, 6) is 0.0563. The Morgan fingerprint density at radius 2 is 2.10 bits per heavy atom. The van der Waals surface area contributed by atoms with Gasteiger partial charge in [-0.3, -0.25) is 9.69 Å². The highest BCUT2D eigenvalue weighted by Gasteiger charge is 2.30. The Morgan fingerprint density at radius 1 is 1.33 bits per heavy atom. The number of thioether (sulfide) groups is 1. The smallest absolute Gasteiger partial charge is 0.335 e. The maximum atomic E-state index is 12.7. The second-order valence-electron chi connectivity index (χ2n) is 6.19. The van der Waals surface area contributed by atoms with Crippen molar-refractivity contribution in [3.63, 3.8) is 0 Å². The molecule has 0 atom stereocenters. The number of hydrogen-bond acceptors (Lipinski definition) is 6.